The molecule has 1 aliphatic rings. The Bertz CT molecular complexity index is 2200. The Labute approximate surface area is 289 Å². The molecule has 0 saturated heterocycles. The van der Waals surface area contributed by atoms with Crippen molar-refractivity contribution in [1.29, 1.82) is 0 Å². The smallest absolute Gasteiger partial charge is 0.337 e. The Hall–Kier alpha value is -5.20. The second-order valence-electron chi connectivity index (χ2n) is 12.6. The van der Waals surface area contributed by atoms with E-state index < -0.39 is 17.1 Å². The Balaban J connectivity index is 0.000000267. The fraction of sp³-hybridized carbons (Fsp3) is 0.316. The van der Waals surface area contributed by atoms with Gasteiger partial charge in [0.15, 0.2) is 5.65 Å². The van der Waals surface area contributed by atoms with Crippen molar-refractivity contribution in [2.75, 3.05) is 14.1 Å². The van der Waals surface area contributed by atoms with E-state index in [1.807, 2.05) is 45.3 Å². The van der Waals surface area contributed by atoms with E-state index in [1.165, 1.54) is 21.4 Å². The van der Waals surface area contributed by atoms with Crippen molar-refractivity contribution in [3.8, 4) is 22.6 Å². The summed E-state index contributed by atoms with van der Waals surface area (Å²) in [5, 5.41) is 16.2. The lowest BCUT2D eigenvalue weighted by Crippen LogP contribution is -2.44. The molecule has 1 fully saturated rings. The number of hydrogen-bond donors (Lipinski definition) is 3. The maximum atomic E-state index is 14.2. The van der Waals surface area contributed by atoms with Gasteiger partial charge in [0.25, 0.3) is 5.56 Å². The van der Waals surface area contributed by atoms with E-state index in [0.29, 0.717) is 30.6 Å². The van der Waals surface area contributed by atoms with Crippen LogP contribution in [0.5, 0.6) is 5.75 Å². The van der Waals surface area contributed by atoms with E-state index in [4.69, 9.17) is 0 Å². The number of phenols is 1. The van der Waals surface area contributed by atoms with Gasteiger partial charge in [-0.2, -0.15) is 0 Å². The molecule has 0 spiro atoms. The van der Waals surface area contributed by atoms with Gasteiger partial charge in [0.05, 0.1) is 17.3 Å². The first-order valence-electron chi connectivity index (χ1n) is 16.7. The summed E-state index contributed by atoms with van der Waals surface area (Å²) < 4.78 is 30.9. The van der Waals surface area contributed by atoms with E-state index in [2.05, 4.69) is 34.4 Å². The quantitative estimate of drug-likeness (QED) is 0.199. The number of aromatic nitrogens is 5. The molecule has 0 atom stereocenters. The normalized spacial score (nSPS) is 15.8. The lowest BCUT2D eigenvalue weighted by Gasteiger charge is -2.29. The zero-order valence-corrected chi connectivity index (χ0v) is 28.9. The number of fused-ring (bicyclic) bond motifs is 2. The second-order valence-corrected chi connectivity index (χ2v) is 12.6. The van der Waals surface area contributed by atoms with Gasteiger partial charge in [-0.25, -0.2) is 28.1 Å². The molecule has 4 aromatic heterocycles. The molecule has 4 heterocycles. The summed E-state index contributed by atoms with van der Waals surface area (Å²) in [5.74, 6) is -0.694. The van der Waals surface area contributed by atoms with Gasteiger partial charge in [0, 0.05) is 36.7 Å². The van der Waals surface area contributed by atoms with Crippen LogP contribution in [-0.4, -0.2) is 54.8 Å². The number of halogens is 2. The summed E-state index contributed by atoms with van der Waals surface area (Å²) in [5.41, 5.74) is 3.06. The molecule has 2 aromatic carbocycles. The number of imidazole rings is 1. The maximum Gasteiger partial charge on any atom is 0.337 e. The van der Waals surface area contributed by atoms with Crippen molar-refractivity contribution in [3.05, 3.63) is 123 Å². The average molecular weight is 684 g/mol. The third-order valence-electron chi connectivity index (χ3n) is 8.92. The topological polar surface area (TPSA) is 118 Å². The number of rotatable bonds is 5. The number of nitrogens with one attached hydrogen (secondary N) is 2. The van der Waals surface area contributed by atoms with Crippen LogP contribution in [0.2, 0.25) is 0 Å². The van der Waals surface area contributed by atoms with Crippen molar-refractivity contribution in [3.63, 3.8) is 0 Å². The van der Waals surface area contributed by atoms with Crippen LogP contribution in [-0.2, 0) is 0 Å². The Morgan fingerprint density at radius 2 is 1.66 bits per heavy atom. The first kappa shape index (κ1) is 36.1. The van der Waals surface area contributed by atoms with Gasteiger partial charge in [-0.1, -0.05) is 32.0 Å². The summed E-state index contributed by atoms with van der Waals surface area (Å²) in [4.78, 5) is 35.4. The summed E-state index contributed by atoms with van der Waals surface area (Å²) in [7, 11) is 3.86. The highest BCUT2D eigenvalue weighted by Crippen LogP contribution is 2.30. The van der Waals surface area contributed by atoms with E-state index in [1.54, 1.807) is 41.1 Å². The van der Waals surface area contributed by atoms with Crippen LogP contribution in [0.15, 0.2) is 95.0 Å². The van der Waals surface area contributed by atoms with Gasteiger partial charge >= 0.3 is 5.69 Å². The molecule has 262 valence electrons. The van der Waals surface area contributed by atoms with Gasteiger partial charge in [-0.15, -0.1) is 0 Å². The summed E-state index contributed by atoms with van der Waals surface area (Å²) >= 11 is 0. The average Bonchev–Trinajstić information content (AvgIpc) is 3.57. The molecule has 0 aliphatic heterocycles. The Kier molecular flexibility index (Phi) is 11.6. The van der Waals surface area contributed by atoms with Crippen LogP contribution < -0.4 is 21.9 Å². The molecule has 3 N–H and O–H groups in total. The third kappa shape index (κ3) is 8.15. The Morgan fingerprint density at radius 1 is 0.920 bits per heavy atom. The van der Waals surface area contributed by atoms with Crippen molar-refractivity contribution < 1.29 is 13.9 Å². The van der Waals surface area contributed by atoms with E-state index in [9.17, 15) is 23.5 Å². The number of phenolic OH excluding ortho intramolecular Hbond substituents is 1. The molecule has 7 rings (SSSR count). The number of nitrogens with zero attached hydrogens (tertiary/aromatic N) is 5. The SMILES string of the molecule is CNC(C)C.CNC1CCC(n2c(=O)c3cc(F)cnc3n(-c3cccc(-c4ccc(O)cc4C)c3)c2=O)CC1.Fc1ccc2nccn2c1. The highest BCUT2D eigenvalue weighted by Gasteiger charge is 2.26. The van der Waals surface area contributed by atoms with Crippen LogP contribution in [0.4, 0.5) is 8.78 Å². The zero-order valence-electron chi connectivity index (χ0n) is 28.9. The first-order chi connectivity index (χ1) is 24.0. The predicted molar refractivity (Wildman–Crippen MR) is 193 cm³/mol. The second kappa shape index (κ2) is 16.0. The van der Waals surface area contributed by atoms with Crippen LogP contribution in [0, 0.1) is 18.6 Å². The van der Waals surface area contributed by atoms with Crippen LogP contribution in [0.25, 0.3) is 33.5 Å². The van der Waals surface area contributed by atoms with Crippen molar-refractivity contribution in [2.24, 2.45) is 0 Å². The fourth-order valence-electron chi connectivity index (χ4n) is 6.04. The molecule has 10 nitrogen and oxygen atoms in total. The van der Waals surface area contributed by atoms with E-state index >= 15 is 0 Å². The lowest BCUT2D eigenvalue weighted by molar-refractivity contribution is 0.289. The molecular weight excluding hydrogens is 640 g/mol. The predicted octanol–water partition coefficient (Wildman–Crippen LogP) is 6.16. The van der Waals surface area contributed by atoms with Gasteiger partial charge in [0.1, 0.15) is 23.0 Å². The van der Waals surface area contributed by atoms with Gasteiger partial charge in [-0.05, 0) is 106 Å². The van der Waals surface area contributed by atoms with Crippen molar-refractivity contribution in [1.82, 2.24) is 34.1 Å². The Morgan fingerprint density at radius 3 is 2.34 bits per heavy atom. The summed E-state index contributed by atoms with van der Waals surface area (Å²) in [6.07, 6.45) is 8.82. The standard InChI is InChI=1S/C27H27FN4O3.C7H5FN2.C4H11N/c1-16-12-22(33)10-11-23(16)17-4-3-5-21(13-17)31-25-24(14-18(28)15-30-25)26(34)32(27(31)35)20-8-6-19(29-2)7-9-20;8-6-1-2-7-9-3-4-10(7)5-6;1-4(2)5-3/h3-5,10-15,19-20,29,33H,6-9H2,1-2H3;1-5H;4-5H,1-3H3. The lowest BCUT2D eigenvalue weighted by atomic mass is 9.91. The molecule has 50 heavy (non-hydrogen) atoms. The molecule has 12 heteroatoms. The number of pyridine rings is 2. The highest BCUT2D eigenvalue weighted by atomic mass is 19.1. The summed E-state index contributed by atoms with van der Waals surface area (Å²) in [6, 6.07) is 17.4. The highest BCUT2D eigenvalue weighted by molar-refractivity contribution is 5.77. The number of hydrogen-bond acceptors (Lipinski definition) is 7. The molecular formula is C38H43F2N7O3. The number of benzene rings is 2. The minimum Gasteiger partial charge on any atom is -0.508 e. The maximum absolute atomic E-state index is 14.2. The minimum atomic E-state index is -0.626. The van der Waals surface area contributed by atoms with E-state index in [0.717, 1.165) is 47.4 Å². The van der Waals surface area contributed by atoms with Gasteiger partial charge in [-0.3, -0.25) is 9.36 Å². The fourth-order valence-corrected chi connectivity index (χ4v) is 6.04. The number of aromatic hydroxyl groups is 1. The van der Waals surface area contributed by atoms with Crippen molar-refractivity contribution >= 4 is 16.7 Å². The zero-order chi connectivity index (χ0) is 35.9. The number of aryl methyl sites for hydroxylation is 1. The van der Waals surface area contributed by atoms with Gasteiger partial charge < -0.3 is 20.1 Å². The molecule has 0 bridgehead atoms. The summed E-state index contributed by atoms with van der Waals surface area (Å²) in [6.45, 7) is 6.12. The molecule has 0 unspecified atom stereocenters. The third-order valence-corrected chi connectivity index (χ3v) is 8.92. The molecule has 0 amide bonds. The van der Waals surface area contributed by atoms with Crippen LogP contribution in [0.1, 0.15) is 51.1 Å². The molecule has 6 aromatic rings. The van der Waals surface area contributed by atoms with E-state index in [-0.39, 0.29) is 28.6 Å². The van der Waals surface area contributed by atoms with Gasteiger partial charge in [0.2, 0.25) is 0 Å². The largest absolute Gasteiger partial charge is 0.508 e. The van der Waals surface area contributed by atoms with Crippen LogP contribution in [0.3, 0.4) is 0 Å². The molecule has 0 radical (unpaired) electrons. The minimum absolute atomic E-state index is 0.0755. The first-order valence-corrected chi connectivity index (χ1v) is 16.7. The van der Waals surface area contributed by atoms with Crippen LogP contribution >= 0.6 is 0 Å². The molecule has 1 saturated carbocycles. The monoisotopic (exact) mass is 683 g/mol. The van der Waals surface area contributed by atoms with Crippen molar-refractivity contribution in [2.45, 2.75) is 64.6 Å². The molecule has 1 aliphatic carbocycles.